The van der Waals surface area contributed by atoms with Gasteiger partial charge in [-0.3, -0.25) is 0 Å². The molecule has 25 heavy (non-hydrogen) atoms. The van der Waals surface area contributed by atoms with Crippen molar-refractivity contribution in [1.29, 1.82) is 10.5 Å². The van der Waals surface area contributed by atoms with Crippen molar-refractivity contribution in [3.05, 3.63) is 41.7 Å². The van der Waals surface area contributed by atoms with Crippen molar-refractivity contribution in [2.75, 3.05) is 0 Å². The molecule has 0 aliphatic carbocycles. The van der Waals surface area contributed by atoms with Crippen molar-refractivity contribution in [3.8, 4) is 17.9 Å². The van der Waals surface area contributed by atoms with Crippen molar-refractivity contribution >= 4 is 33.5 Å². The van der Waals surface area contributed by atoms with Crippen LogP contribution in [0.3, 0.4) is 0 Å². The third-order valence-electron chi connectivity index (χ3n) is 3.31. The molecule has 0 radical (unpaired) electrons. The van der Waals surface area contributed by atoms with Crippen molar-refractivity contribution < 1.29 is 13.9 Å². The van der Waals surface area contributed by atoms with E-state index < -0.39 is 11.1 Å². The molecule has 1 heterocycles. The number of aromatic nitrogens is 2. The van der Waals surface area contributed by atoms with Crippen LogP contribution in [0.2, 0.25) is 0 Å². The number of nitriles is 2. The third-order valence-corrected chi connectivity index (χ3v) is 4.02. The smallest absolute Gasteiger partial charge is 0.249 e. The maximum Gasteiger partial charge on any atom is 0.249 e. The van der Waals surface area contributed by atoms with E-state index in [-0.39, 0.29) is 33.7 Å². The summed E-state index contributed by atoms with van der Waals surface area (Å²) in [5.41, 5.74) is -0.239. The molecule has 3 N–H and O–H groups in total. The highest BCUT2D eigenvalue weighted by atomic mass is 32.2. The van der Waals surface area contributed by atoms with Gasteiger partial charge in [0.2, 0.25) is 5.95 Å². The second kappa shape index (κ2) is 6.49. The number of azo groups is 1. The van der Waals surface area contributed by atoms with Gasteiger partial charge in [0.05, 0.1) is 4.90 Å². The van der Waals surface area contributed by atoms with Gasteiger partial charge < -0.3 is 14.6 Å². The van der Waals surface area contributed by atoms with E-state index in [0.717, 1.165) is 0 Å². The number of hydrogen-bond acceptors (Lipinski definition) is 7. The highest BCUT2D eigenvalue weighted by Crippen LogP contribution is 2.38. The Morgan fingerprint density at radius 2 is 1.88 bits per heavy atom. The van der Waals surface area contributed by atoms with Gasteiger partial charge in [0.15, 0.2) is 28.2 Å². The predicted octanol–water partition coefficient (Wildman–Crippen LogP) is 3.01. The standard InChI is InChI=1S/C15H8N6O3S/c16-6-11-12(7-17)19-15(18-11)21-20-10-5-13(25(23)24)8-3-1-2-4-9(8)14(10)22/h1-5,22H,(H,18,19)(H,23,24). The summed E-state index contributed by atoms with van der Waals surface area (Å²) < 4.78 is 21.0. The monoisotopic (exact) mass is 352 g/mol. The Labute approximate surface area is 143 Å². The minimum absolute atomic E-state index is 0.0514. The summed E-state index contributed by atoms with van der Waals surface area (Å²) in [4.78, 5) is 6.34. The van der Waals surface area contributed by atoms with Gasteiger partial charge in [-0.1, -0.05) is 24.3 Å². The molecule has 0 aliphatic rings. The zero-order valence-electron chi connectivity index (χ0n) is 12.3. The van der Waals surface area contributed by atoms with Gasteiger partial charge >= 0.3 is 0 Å². The Kier molecular flexibility index (Phi) is 4.22. The lowest BCUT2D eigenvalue weighted by atomic mass is 10.1. The Hall–Kier alpha value is -3.60. The normalized spacial score (nSPS) is 12.1. The molecular weight excluding hydrogens is 344 g/mol. The quantitative estimate of drug-likeness (QED) is 0.485. The van der Waals surface area contributed by atoms with Gasteiger partial charge in [0.1, 0.15) is 17.8 Å². The van der Waals surface area contributed by atoms with Crippen molar-refractivity contribution in [2.45, 2.75) is 4.90 Å². The first-order valence-electron chi connectivity index (χ1n) is 6.72. The Morgan fingerprint density at radius 1 is 1.16 bits per heavy atom. The number of fused-ring (bicyclic) bond motifs is 1. The van der Waals surface area contributed by atoms with Crippen LogP contribution in [-0.2, 0) is 11.1 Å². The van der Waals surface area contributed by atoms with E-state index in [2.05, 4.69) is 20.2 Å². The topological polar surface area (TPSA) is 159 Å². The molecule has 10 heteroatoms. The summed E-state index contributed by atoms with van der Waals surface area (Å²) in [6.45, 7) is 0. The fraction of sp³-hybridized carbons (Fsp3) is 0. The van der Waals surface area contributed by atoms with Crippen molar-refractivity contribution in [3.63, 3.8) is 0 Å². The number of H-pyrrole nitrogens is 1. The van der Waals surface area contributed by atoms with E-state index >= 15 is 0 Å². The molecule has 122 valence electrons. The Balaban J connectivity index is 2.12. The molecule has 1 unspecified atom stereocenters. The molecule has 1 atom stereocenters. The van der Waals surface area contributed by atoms with Gasteiger partial charge in [0.25, 0.3) is 0 Å². The average Bonchev–Trinajstić information content (AvgIpc) is 3.03. The summed E-state index contributed by atoms with van der Waals surface area (Å²) in [6.07, 6.45) is 0. The van der Waals surface area contributed by atoms with E-state index in [4.69, 9.17) is 10.5 Å². The number of aromatic amines is 1. The number of aromatic hydroxyl groups is 1. The number of nitrogens with one attached hydrogen (secondary N) is 1. The minimum atomic E-state index is -2.29. The number of benzene rings is 2. The molecule has 2 aromatic carbocycles. The maximum absolute atomic E-state index is 11.5. The van der Waals surface area contributed by atoms with Crippen LogP contribution in [-0.4, -0.2) is 23.8 Å². The van der Waals surface area contributed by atoms with Crippen LogP contribution in [0.1, 0.15) is 11.4 Å². The Bertz CT molecular complexity index is 1090. The fourth-order valence-corrected chi connectivity index (χ4v) is 2.78. The van der Waals surface area contributed by atoms with E-state index in [9.17, 15) is 13.9 Å². The average molecular weight is 352 g/mol. The third kappa shape index (κ3) is 2.95. The summed E-state index contributed by atoms with van der Waals surface area (Å²) in [5, 5.41) is 36.3. The minimum Gasteiger partial charge on any atom is -0.505 e. The summed E-state index contributed by atoms with van der Waals surface area (Å²) >= 11 is -2.29. The maximum atomic E-state index is 11.5. The molecule has 1 aromatic heterocycles. The first-order chi connectivity index (χ1) is 12.0. The molecule has 0 bridgehead atoms. The van der Waals surface area contributed by atoms with Gasteiger partial charge in [-0.05, 0) is 6.07 Å². The first-order valence-corrected chi connectivity index (χ1v) is 7.83. The molecule has 9 nitrogen and oxygen atoms in total. The number of rotatable bonds is 3. The lowest BCUT2D eigenvalue weighted by molar-refractivity contribution is 0.482. The molecule has 0 spiro atoms. The molecular formula is C15H8N6O3S. The second-order valence-electron chi connectivity index (χ2n) is 4.74. The molecule has 0 saturated carbocycles. The van der Waals surface area contributed by atoms with Gasteiger partial charge in [-0.15, -0.1) is 10.2 Å². The van der Waals surface area contributed by atoms with E-state index in [1.54, 1.807) is 36.4 Å². The molecule has 0 fully saturated rings. The predicted molar refractivity (Wildman–Crippen MR) is 86.8 cm³/mol. The van der Waals surface area contributed by atoms with Crippen LogP contribution >= 0.6 is 0 Å². The van der Waals surface area contributed by atoms with Crippen LogP contribution in [0.15, 0.2) is 45.5 Å². The zero-order valence-corrected chi connectivity index (χ0v) is 13.2. The summed E-state index contributed by atoms with van der Waals surface area (Å²) in [5.74, 6) is -0.326. The summed E-state index contributed by atoms with van der Waals surface area (Å²) in [6, 6.07) is 11.2. The molecule has 0 amide bonds. The number of nitrogens with zero attached hydrogens (tertiary/aromatic N) is 5. The van der Waals surface area contributed by atoms with E-state index in [1.807, 2.05) is 0 Å². The summed E-state index contributed by atoms with van der Waals surface area (Å²) in [7, 11) is 0. The van der Waals surface area contributed by atoms with Gasteiger partial charge in [-0.2, -0.15) is 15.5 Å². The van der Waals surface area contributed by atoms with Crippen molar-refractivity contribution in [2.24, 2.45) is 10.2 Å². The van der Waals surface area contributed by atoms with Crippen LogP contribution in [0.5, 0.6) is 5.75 Å². The first kappa shape index (κ1) is 16.3. The number of phenolic OH excluding ortho intramolecular Hbond substituents is 1. The van der Waals surface area contributed by atoms with E-state index in [0.29, 0.717) is 10.8 Å². The van der Waals surface area contributed by atoms with Crippen LogP contribution < -0.4 is 0 Å². The Morgan fingerprint density at radius 3 is 2.48 bits per heavy atom. The highest BCUT2D eigenvalue weighted by molar-refractivity contribution is 7.79. The number of hydrogen-bond donors (Lipinski definition) is 3. The molecule has 0 saturated heterocycles. The SMILES string of the molecule is N#Cc1nc(N=Nc2cc(S(=O)O)c3ccccc3c2O)[nH]c1C#N. The van der Waals surface area contributed by atoms with Crippen LogP contribution in [0, 0.1) is 22.7 Å². The lowest BCUT2D eigenvalue weighted by Gasteiger charge is -2.07. The molecule has 3 rings (SSSR count). The molecule has 0 aliphatic heterocycles. The number of phenols is 1. The zero-order chi connectivity index (χ0) is 18.0. The van der Waals surface area contributed by atoms with Gasteiger partial charge in [-0.25, -0.2) is 4.21 Å². The largest absolute Gasteiger partial charge is 0.505 e. The highest BCUT2D eigenvalue weighted by Gasteiger charge is 2.15. The van der Waals surface area contributed by atoms with E-state index in [1.165, 1.54) is 6.07 Å². The van der Waals surface area contributed by atoms with Crippen LogP contribution in [0.4, 0.5) is 11.6 Å². The van der Waals surface area contributed by atoms with Gasteiger partial charge in [0, 0.05) is 10.8 Å². The van der Waals surface area contributed by atoms with Crippen molar-refractivity contribution in [1.82, 2.24) is 9.97 Å². The number of imidazole rings is 1. The van der Waals surface area contributed by atoms with Crippen LogP contribution in [0.25, 0.3) is 10.8 Å². The molecule has 3 aromatic rings. The fourth-order valence-electron chi connectivity index (χ4n) is 2.20. The second-order valence-corrected chi connectivity index (χ2v) is 5.68. The lowest BCUT2D eigenvalue weighted by Crippen LogP contribution is -1.90.